The van der Waals surface area contributed by atoms with Crippen LogP contribution in [0.4, 0.5) is 4.39 Å². The quantitative estimate of drug-likeness (QED) is 0.764. The summed E-state index contributed by atoms with van der Waals surface area (Å²) in [6.45, 7) is 5.56. The number of nitrogens with one attached hydrogen (secondary N) is 1. The number of amides is 1. The molecule has 2 heterocycles. The summed E-state index contributed by atoms with van der Waals surface area (Å²) in [6, 6.07) is 6.23. The van der Waals surface area contributed by atoms with E-state index < -0.39 is 9.84 Å². The molecule has 2 saturated heterocycles. The Morgan fingerprint density at radius 1 is 1.22 bits per heavy atom. The first-order valence-electron chi connectivity index (χ1n) is 9.55. The highest BCUT2D eigenvalue weighted by Crippen LogP contribution is 2.19. The number of carbonyl (C=O) groups is 1. The van der Waals surface area contributed by atoms with Crippen molar-refractivity contribution in [2.75, 3.05) is 44.2 Å². The summed E-state index contributed by atoms with van der Waals surface area (Å²) in [5.74, 6) is 0.303. The molecule has 8 heteroatoms. The van der Waals surface area contributed by atoms with Crippen molar-refractivity contribution in [3.05, 3.63) is 35.6 Å². The molecule has 2 aliphatic rings. The Labute approximate surface area is 160 Å². The van der Waals surface area contributed by atoms with Crippen LogP contribution in [0.5, 0.6) is 0 Å². The molecule has 1 aromatic carbocycles. The van der Waals surface area contributed by atoms with E-state index in [1.807, 2.05) is 6.92 Å². The van der Waals surface area contributed by atoms with Gasteiger partial charge in [0.1, 0.15) is 5.82 Å². The molecule has 1 aromatic rings. The Morgan fingerprint density at radius 3 is 2.48 bits per heavy atom. The highest BCUT2D eigenvalue weighted by Gasteiger charge is 2.34. The number of sulfone groups is 1. The first-order chi connectivity index (χ1) is 12.8. The van der Waals surface area contributed by atoms with E-state index in [0.717, 1.165) is 38.2 Å². The predicted molar refractivity (Wildman–Crippen MR) is 103 cm³/mol. The molecule has 2 fully saturated rings. The number of hydrogen-bond donors (Lipinski definition) is 1. The zero-order chi connectivity index (χ0) is 19.4. The molecule has 0 spiro atoms. The Bertz CT molecular complexity index is 746. The van der Waals surface area contributed by atoms with E-state index in [-0.39, 0.29) is 29.6 Å². The van der Waals surface area contributed by atoms with Gasteiger partial charge >= 0.3 is 0 Å². The summed E-state index contributed by atoms with van der Waals surface area (Å²) >= 11 is 0. The summed E-state index contributed by atoms with van der Waals surface area (Å²) in [5, 5.41) is 2.95. The molecular weight excluding hydrogens is 369 g/mol. The lowest BCUT2D eigenvalue weighted by molar-refractivity contribution is -0.126. The minimum atomic E-state index is -2.86. The van der Waals surface area contributed by atoms with Gasteiger partial charge in [-0.05, 0) is 37.5 Å². The van der Waals surface area contributed by atoms with Crippen LogP contribution in [0.1, 0.15) is 18.9 Å². The van der Waals surface area contributed by atoms with E-state index in [9.17, 15) is 17.6 Å². The molecule has 1 N–H and O–H groups in total. The minimum Gasteiger partial charge on any atom is -0.354 e. The second-order valence-corrected chi connectivity index (χ2v) is 9.70. The van der Waals surface area contributed by atoms with Crippen LogP contribution in [-0.4, -0.2) is 80.4 Å². The third-order valence-corrected chi connectivity index (χ3v) is 7.38. The average molecular weight is 398 g/mol. The van der Waals surface area contributed by atoms with Crippen molar-refractivity contribution in [3.63, 3.8) is 0 Å². The Hall–Kier alpha value is -1.51. The standard InChI is InChI=1S/C19H28FN3O3S/c1-15(19(24)21-8-6-16-2-4-17(20)5-3-16)22-9-11-23(12-10-22)18-7-13-27(25,26)14-18/h2-5,15,18H,6-14H2,1H3,(H,21,24). The normalized spacial score (nSPS) is 24.6. The second-order valence-electron chi connectivity index (χ2n) is 7.47. The molecule has 0 bridgehead atoms. The molecule has 6 nitrogen and oxygen atoms in total. The highest BCUT2D eigenvalue weighted by atomic mass is 32.2. The van der Waals surface area contributed by atoms with E-state index in [0.29, 0.717) is 18.7 Å². The Morgan fingerprint density at radius 2 is 1.89 bits per heavy atom. The van der Waals surface area contributed by atoms with E-state index in [1.54, 1.807) is 12.1 Å². The maximum atomic E-state index is 12.9. The predicted octanol–water partition coefficient (Wildman–Crippen LogP) is 0.678. The number of rotatable bonds is 6. The Balaban J connectivity index is 1.40. The van der Waals surface area contributed by atoms with Crippen LogP contribution in [0.3, 0.4) is 0 Å². The van der Waals surface area contributed by atoms with E-state index >= 15 is 0 Å². The van der Waals surface area contributed by atoms with Gasteiger partial charge in [0.2, 0.25) is 5.91 Å². The van der Waals surface area contributed by atoms with Gasteiger partial charge in [0.15, 0.2) is 9.84 Å². The van der Waals surface area contributed by atoms with Gasteiger partial charge in [0, 0.05) is 38.8 Å². The number of carbonyl (C=O) groups excluding carboxylic acids is 1. The van der Waals surface area contributed by atoms with Crippen molar-refractivity contribution in [1.82, 2.24) is 15.1 Å². The third-order valence-electron chi connectivity index (χ3n) is 5.63. The fourth-order valence-electron chi connectivity index (χ4n) is 3.85. The van der Waals surface area contributed by atoms with Crippen LogP contribution in [0, 0.1) is 5.82 Å². The average Bonchev–Trinajstić information content (AvgIpc) is 3.02. The highest BCUT2D eigenvalue weighted by molar-refractivity contribution is 7.91. The molecule has 2 aliphatic heterocycles. The monoisotopic (exact) mass is 397 g/mol. The van der Waals surface area contributed by atoms with Crippen LogP contribution in [0.15, 0.2) is 24.3 Å². The first kappa shape index (κ1) is 20.2. The minimum absolute atomic E-state index is 0.00555. The maximum Gasteiger partial charge on any atom is 0.237 e. The molecule has 0 saturated carbocycles. The van der Waals surface area contributed by atoms with Gasteiger partial charge in [-0.25, -0.2) is 12.8 Å². The number of halogens is 1. The van der Waals surface area contributed by atoms with E-state index in [1.165, 1.54) is 12.1 Å². The van der Waals surface area contributed by atoms with Crippen LogP contribution in [0.25, 0.3) is 0 Å². The number of hydrogen-bond acceptors (Lipinski definition) is 5. The van der Waals surface area contributed by atoms with Gasteiger partial charge in [-0.1, -0.05) is 12.1 Å². The summed E-state index contributed by atoms with van der Waals surface area (Å²) in [6.07, 6.45) is 1.39. The van der Waals surface area contributed by atoms with Crippen LogP contribution in [0.2, 0.25) is 0 Å². The lowest BCUT2D eigenvalue weighted by Crippen LogP contribution is -2.56. The summed E-state index contributed by atoms with van der Waals surface area (Å²) in [5.41, 5.74) is 0.990. The fraction of sp³-hybridized carbons (Fsp3) is 0.632. The van der Waals surface area contributed by atoms with Crippen molar-refractivity contribution in [2.24, 2.45) is 0 Å². The molecule has 0 aliphatic carbocycles. The van der Waals surface area contributed by atoms with Crippen molar-refractivity contribution < 1.29 is 17.6 Å². The molecule has 27 heavy (non-hydrogen) atoms. The van der Waals surface area contributed by atoms with Crippen molar-refractivity contribution in [3.8, 4) is 0 Å². The summed E-state index contributed by atoms with van der Waals surface area (Å²) in [7, 11) is -2.86. The second kappa shape index (κ2) is 8.67. The number of nitrogens with zero attached hydrogens (tertiary/aromatic N) is 2. The molecule has 0 radical (unpaired) electrons. The summed E-state index contributed by atoms with van der Waals surface area (Å²) < 4.78 is 36.2. The molecule has 2 atom stereocenters. The molecule has 150 valence electrons. The van der Waals surface area contributed by atoms with Crippen molar-refractivity contribution >= 4 is 15.7 Å². The summed E-state index contributed by atoms with van der Waals surface area (Å²) in [4.78, 5) is 16.8. The topological polar surface area (TPSA) is 69.7 Å². The number of piperazine rings is 1. The van der Waals surface area contributed by atoms with E-state index in [4.69, 9.17) is 0 Å². The number of benzene rings is 1. The van der Waals surface area contributed by atoms with Crippen LogP contribution < -0.4 is 5.32 Å². The van der Waals surface area contributed by atoms with Gasteiger partial charge in [-0.3, -0.25) is 14.6 Å². The van der Waals surface area contributed by atoms with Crippen molar-refractivity contribution in [2.45, 2.75) is 31.8 Å². The van der Waals surface area contributed by atoms with Gasteiger partial charge < -0.3 is 5.32 Å². The first-order valence-corrected chi connectivity index (χ1v) is 11.4. The molecule has 1 amide bonds. The SMILES string of the molecule is CC(C(=O)NCCc1ccc(F)cc1)N1CCN(C2CCS(=O)(=O)C2)CC1. The zero-order valence-corrected chi connectivity index (χ0v) is 16.5. The molecular formula is C19H28FN3O3S. The van der Waals surface area contributed by atoms with Crippen molar-refractivity contribution in [1.29, 1.82) is 0 Å². The smallest absolute Gasteiger partial charge is 0.237 e. The Kier molecular flexibility index (Phi) is 6.49. The van der Waals surface area contributed by atoms with Gasteiger partial charge in [-0.15, -0.1) is 0 Å². The van der Waals surface area contributed by atoms with Gasteiger partial charge in [-0.2, -0.15) is 0 Å². The fourth-order valence-corrected chi connectivity index (χ4v) is 5.61. The van der Waals surface area contributed by atoms with Crippen LogP contribution >= 0.6 is 0 Å². The molecule has 2 unspecified atom stereocenters. The largest absolute Gasteiger partial charge is 0.354 e. The lowest BCUT2D eigenvalue weighted by Gasteiger charge is -2.39. The zero-order valence-electron chi connectivity index (χ0n) is 15.7. The molecule has 0 aromatic heterocycles. The van der Waals surface area contributed by atoms with E-state index in [2.05, 4.69) is 15.1 Å². The molecule has 3 rings (SSSR count). The maximum absolute atomic E-state index is 12.9. The van der Waals surface area contributed by atoms with Crippen LogP contribution in [-0.2, 0) is 21.1 Å². The van der Waals surface area contributed by atoms with Gasteiger partial charge in [0.05, 0.1) is 17.5 Å². The van der Waals surface area contributed by atoms with Gasteiger partial charge in [0.25, 0.3) is 0 Å². The third kappa shape index (κ3) is 5.49. The lowest BCUT2D eigenvalue weighted by atomic mass is 10.1.